The highest BCUT2D eigenvalue weighted by atomic mass is 16.5. The average Bonchev–Trinajstić information content (AvgIpc) is 2.27. The molecule has 0 saturated heterocycles. The highest BCUT2D eigenvalue weighted by molar-refractivity contribution is 5.94. The lowest BCUT2D eigenvalue weighted by Gasteiger charge is -2.10. The standard InChI is InChI=1S/C10H13NO4/c1-13-8-5-7(11)9(14-2)4-6(8)10(12)15-3/h4-5H,11H2,1-3H3. The minimum atomic E-state index is -0.495. The summed E-state index contributed by atoms with van der Waals surface area (Å²) in [5, 5.41) is 0. The van der Waals surface area contributed by atoms with Crippen LogP contribution in [0.25, 0.3) is 0 Å². The Hall–Kier alpha value is -1.91. The first kappa shape index (κ1) is 11.2. The Bertz CT molecular complexity index is 376. The van der Waals surface area contributed by atoms with E-state index >= 15 is 0 Å². The van der Waals surface area contributed by atoms with Gasteiger partial charge in [0.25, 0.3) is 0 Å². The molecule has 0 aliphatic rings. The fourth-order valence-corrected chi connectivity index (χ4v) is 1.19. The summed E-state index contributed by atoms with van der Waals surface area (Å²) in [6, 6.07) is 3.01. The molecule has 0 aromatic heterocycles. The number of ether oxygens (including phenoxy) is 3. The van der Waals surface area contributed by atoms with Gasteiger partial charge in [0.2, 0.25) is 0 Å². The first-order chi connectivity index (χ1) is 7.13. The van der Waals surface area contributed by atoms with E-state index in [-0.39, 0.29) is 5.56 Å². The molecule has 0 saturated carbocycles. The van der Waals surface area contributed by atoms with Crippen LogP contribution < -0.4 is 15.2 Å². The summed E-state index contributed by atoms with van der Waals surface area (Å²) in [6.07, 6.45) is 0. The summed E-state index contributed by atoms with van der Waals surface area (Å²) >= 11 is 0. The van der Waals surface area contributed by atoms with Crippen LogP contribution in [0.15, 0.2) is 12.1 Å². The maximum atomic E-state index is 11.4. The first-order valence-electron chi connectivity index (χ1n) is 4.23. The number of nitrogen functional groups attached to an aromatic ring is 1. The first-order valence-corrected chi connectivity index (χ1v) is 4.23. The number of hydrogen-bond donors (Lipinski definition) is 1. The van der Waals surface area contributed by atoms with Crippen molar-refractivity contribution in [2.24, 2.45) is 0 Å². The lowest BCUT2D eigenvalue weighted by atomic mass is 10.1. The van der Waals surface area contributed by atoms with Gasteiger partial charge in [0.05, 0.1) is 27.0 Å². The quantitative estimate of drug-likeness (QED) is 0.598. The number of esters is 1. The second kappa shape index (κ2) is 4.54. The summed E-state index contributed by atoms with van der Waals surface area (Å²) in [4.78, 5) is 11.4. The molecule has 2 N–H and O–H groups in total. The maximum Gasteiger partial charge on any atom is 0.341 e. The molecule has 0 bridgehead atoms. The molecule has 0 radical (unpaired) electrons. The van der Waals surface area contributed by atoms with Crippen molar-refractivity contribution in [3.63, 3.8) is 0 Å². The van der Waals surface area contributed by atoms with E-state index in [2.05, 4.69) is 4.74 Å². The monoisotopic (exact) mass is 211 g/mol. The Kier molecular flexibility index (Phi) is 3.38. The number of nitrogens with two attached hydrogens (primary N) is 1. The van der Waals surface area contributed by atoms with E-state index in [1.807, 2.05) is 0 Å². The molecular formula is C10H13NO4. The van der Waals surface area contributed by atoms with Gasteiger partial charge in [0.15, 0.2) is 0 Å². The van der Waals surface area contributed by atoms with Crippen LogP contribution in [-0.4, -0.2) is 27.3 Å². The lowest BCUT2D eigenvalue weighted by Crippen LogP contribution is -2.06. The van der Waals surface area contributed by atoms with E-state index in [1.165, 1.54) is 33.5 Å². The minimum Gasteiger partial charge on any atom is -0.496 e. The van der Waals surface area contributed by atoms with E-state index in [9.17, 15) is 4.79 Å². The van der Waals surface area contributed by atoms with Crippen LogP contribution in [0.1, 0.15) is 10.4 Å². The second-order valence-electron chi connectivity index (χ2n) is 2.79. The molecule has 0 amide bonds. The van der Waals surface area contributed by atoms with Gasteiger partial charge in [-0.1, -0.05) is 0 Å². The van der Waals surface area contributed by atoms with Gasteiger partial charge in [-0.15, -0.1) is 0 Å². The summed E-state index contributed by atoms with van der Waals surface area (Å²) in [5.74, 6) is 0.279. The van der Waals surface area contributed by atoms with Crippen molar-refractivity contribution in [3.05, 3.63) is 17.7 Å². The predicted octanol–water partition coefficient (Wildman–Crippen LogP) is 1.07. The van der Waals surface area contributed by atoms with E-state index in [4.69, 9.17) is 15.2 Å². The highest BCUT2D eigenvalue weighted by Gasteiger charge is 2.16. The van der Waals surface area contributed by atoms with E-state index < -0.39 is 5.97 Å². The zero-order valence-electron chi connectivity index (χ0n) is 8.87. The van der Waals surface area contributed by atoms with E-state index in [0.29, 0.717) is 17.2 Å². The molecule has 1 rings (SSSR count). The molecule has 0 spiro atoms. The highest BCUT2D eigenvalue weighted by Crippen LogP contribution is 2.30. The fraction of sp³-hybridized carbons (Fsp3) is 0.300. The van der Waals surface area contributed by atoms with Crippen molar-refractivity contribution in [2.75, 3.05) is 27.1 Å². The minimum absolute atomic E-state index is 0.283. The van der Waals surface area contributed by atoms with Gasteiger partial charge < -0.3 is 19.9 Å². The van der Waals surface area contributed by atoms with Crippen LogP contribution in [0.3, 0.4) is 0 Å². The molecule has 0 fully saturated rings. The Morgan fingerprint density at radius 2 is 1.73 bits per heavy atom. The summed E-state index contributed by atoms with van der Waals surface area (Å²) < 4.78 is 14.6. The van der Waals surface area contributed by atoms with Crippen LogP contribution in [-0.2, 0) is 4.74 Å². The number of benzene rings is 1. The van der Waals surface area contributed by atoms with Crippen LogP contribution in [0.4, 0.5) is 5.69 Å². The van der Waals surface area contributed by atoms with Crippen LogP contribution in [0, 0.1) is 0 Å². The third-order valence-electron chi connectivity index (χ3n) is 1.96. The lowest BCUT2D eigenvalue weighted by molar-refractivity contribution is 0.0596. The van der Waals surface area contributed by atoms with Gasteiger partial charge in [0.1, 0.15) is 17.1 Å². The summed E-state index contributed by atoms with van der Waals surface area (Å²) in [6.45, 7) is 0. The van der Waals surface area contributed by atoms with Gasteiger partial charge in [-0.2, -0.15) is 0 Å². The Morgan fingerprint density at radius 3 is 2.20 bits per heavy atom. The van der Waals surface area contributed by atoms with E-state index in [0.717, 1.165) is 0 Å². The van der Waals surface area contributed by atoms with Gasteiger partial charge in [0, 0.05) is 12.1 Å². The molecular weight excluding hydrogens is 198 g/mol. The molecule has 0 unspecified atom stereocenters. The smallest absolute Gasteiger partial charge is 0.341 e. The SMILES string of the molecule is COC(=O)c1cc(OC)c(N)cc1OC. The fourth-order valence-electron chi connectivity index (χ4n) is 1.19. The molecule has 5 heteroatoms. The molecule has 0 aliphatic heterocycles. The third kappa shape index (κ3) is 2.12. The average molecular weight is 211 g/mol. The van der Waals surface area contributed by atoms with Gasteiger partial charge in [-0.25, -0.2) is 4.79 Å². The summed E-state index contributed by atoms with van der Waals surface area (Å²) in [7, 11) is 4.22. The van der Waals surface area contributed by atoms with Gasteiger partial charge >= 0.3 is 5.97 Å². The van der Waals surface area contributed by atoms with Crippen molar-refractivity contribution < 1.29 is 19.0 Å². The molecule has 1 aromatic rings. The Morgan fingerprint density at radius 1 is 1.13 bits per heavy atom. The second-order valence-corrected chi connectivity index (χ2v) is 2.79. The number of methoxy groups -OCH3 is 3. The maximum absolute atomic E-state index is 11.4. The van der Waals surface area contributed by atoms with Gasteiger partial charge in [-0.05, 0) is 0 Å². The third-order valence-corrected chi connectivity index (χ3v) is 1.96. The van der Waals surface area contributed by atoms with Crippen LogP contribution in [0.2, 0.25) is 0 Å². The molecule has 0 atom stereocenters. The Labute approximate surface area is 87.7 Å². The predicted molar refractivity (Wildman–Crippen MR) is 55.3 cm³/mol. The molecule has 0 heterocycles. The topological polar surface area (TPSA) is 70.8 Å². The number of carbonyl (C=O) groups is 1. The zero-order valence-corrected chi connectivity index (χ0v) is 8.87. The van der Waals surface area contributed by atoms with Crippen molar-refractivity contribution in [2.45, 2.75) is 0 Å². The molecule has 0 aliphatic carbocycles. The molecule has 15 heavy (non-hydrogen) atoms. The van der Waals surface area contributed by atoms with Crippen molar-refractivity contribution >= 4 is 11.7 Å². The Balaban J connectivity index is 3.28. The van der Waals surface area contributed by atoms with Crippen LogP contribution in [0.5, 0.6) is 11.5 Å². The van der Waals surface area contributed by atoms with Crippen molar-refractivity contribution in [1.29, 1.82) is 0 Å². The number of hydrogen-bond acceptors (Lipinski definition) is 5. The molecule has 5 nitrogen and oxygen atoms in total. The normalized spacial score (nSPS) is 9.53. The molecule has 1 aromatic carbocycles. The largest absolute Gasteiger partial charge is 0.496 e. The number of rotatable bonds is 3. The number of carbonyl (C=O) groups excluding carboxylic acids is 1. The summed E-state index contributed by atoms with van der Waals surface area (Å²) in [5.41, 5.74) is 6.35. The van der Waals surface area contributed by atoms with E-state index in [1.54, 1.807) is 0 Å². The number of anilines is 1. The van der Waals surface area contributed by atoms with Crippen molar-refractivity contribution in [1.82, 2.24) is 0 Å². The molecule has 82 valence electrons. The van der Waals surface area contributed by atoms with Crippen LogP contribution >= 0.6 is 0 Å². The van der Waals surface area contributed by atoms with Crippen molar-refractivity contribution in [3.8, 4) is 11.5 Å². The van der Waals surface area contributed by atoms with Gasteiger partial charge in [-0.3, -0.25) is 0 Å². The zero-order chi connectivity index (χ0) is 11.4.